The fourth-order valence-electron chi connectivity index (χ4n) is 4.08. The normalized spacial score (nSPS) is 10.5. The molecule has 0 aromatic carbocycles. The van der Waals surface area contributed by atoms with E-state index >= 15 is 0 Å². The minimum absolute atomic E-state index is 1.21. The first-order chi connectivity index (χ1) is 15.3. The van der Waals surface area contributed by atoms with E-state index in [1.54, 1.807) is 0 Å². The molecule has 0 saturated carbocycles. The first kappa shape index (κ1) is 32.7. The monoisotopic (exact) mass is 434 g/mol. The van der Waals surface area contributed by atoms with Crippen LogP contribution in [0.1, 0.15) is 174 Å². The van der Waals surface area contributed by atoms with Crippen LogP contribution in [0.3, 0.4) is 0 Å². The standard InChI is InChI=1S/C16H32.C15H30/c1-3-5-7-9-11-13-15-16-14-12-10-8-6-4-2;1-3-5-7-9-11-13-15-14-12-10-8-6-4-2/h3H,1,4-16H2,2H3;3H,1,4-15H2,2H3. The summed E-state index contributed by atoms with van der Waals surface area (Å²) in [6.45, 7) is 12.1. The third-order valence-electron chi connectivity index (χ3n) is 6.27. The van der Waals surface area contributed by atoms with Crippen molar-refractivity contribution in [2.24, 2.45) is 0 Å². The van der Waals surface area contributed by atoms with E-state index in [0.717, 1.165) is 0 Å². The molecule has 0 unspecified atom stereocenters. The van der Waals surface area contributed by atoms with Crippen LogP contribution in [-0.2, 0) is 0 Å². The molecule has 0 aromatic rings. The molecule has 0 bridgehead atoms. The molecule has 31 heavy (non-hydrogen) atoms. The van der Waals surface area contributed by atoms with Crippen molar-refractivity contribution in [1.82, 2.24) is 0 Å². The predicted molar refractivity (Wildman–Crippen MR) is 147 cm³/mol. The summed E-state index contributed by atoms with van der Waals surface area (Å²) in [5.74, 6) is 0. The Bertz CT molecular complexity index is 303. The summed E-state index contributed by atoms with van der Waals surface area (Å²) >= 11 is 0. The first-order valence-electron chi connectivity index (χ1n) is 14.5. The van der Waals surface area contributed by atoms with E-state index in [0.29, 0.717) is 0 Å². The molecule has 0 saturated heterocycles. The maximum atomic E-state index is 3.75. The Hall–Kier alpha value is -0.520. The number of rotatable bonds is 25. The Balaban J connectivity index is 0. The second kappa shape index (κ2) is 34.1. The number of hydrogen-bond acceptors (Lipinski definition) is 0. The maximum Gasteiger partial charge on any atom is -0.0353 e. The fourth-order valence-corrected chi connectivity index (χ4v) is 4.08. The first-order valence-corrected chi connectivity index (χ1v) is 14.5. The van der Waals surface area contributed by atoms with E-state index in [9.17, 15) is 0 Å². The topological polar surface area (TPSA) is 0 Å². The van der Waals surface area contributed by atoms with Crippen LogP contribution >= 0.6 is 0 Å². The molecule has 0 rings (SSSR count). The zero-order valence-corrected chi connectivity index (χ0v) is 22.2. The summed E-state index contributed by atoms with van der Waals surface area (Å²) in [7, 11) is 0. The summed E-state index contributed by atoms with van der Waals surface area (Å²) in [5.41, 5.74) is 0. The molecule has 0 aliphatic rings. The van der Waals surface area contributed by atoms with Crippen LogP contribution in [0.5, 0.6) is 0 Å². The molecule has 186 valence electrons. The molecule has 0 heterocycles. The van der Waals surface area contributed by atoms with Crippen molar-refractivity contribution < 1.29 is 0 Å². The van der Waals surface area contributed by atoms with E-state index in [-0.39, 0.29) is 0 Å². The molecule has 0 atom stereocenters. The molecule has 0 aliphatic heterocycles. The average molecular weight is 435 g/mol. The van der Waals surface area contributed by atoms with E-state index in [1.165, 1.54) is 161 Å². The van der Waals surface area contributed by atoms with Crippen molar-refractivity contribution in [3.63, 3.8) is 0 Å². The van der Waals surface area contributed by atoms with Crippen LogP contribution in [0.4, 0.5) is 0 Å². The quantitative estimate of drug-likeness (QED) is 0.0989. The number of unbranched alkanes of at least 4 members (excludes halogenated alkanes) is 23. The van der Waals surface area contributed by atoms with Crippen molar-refractivity contribution in [2.45, 2.75) is 174 Å². The summed E-state index contributed by atoms with van der Waals surface area (Å²) in [6, 6.07) is 0. The van der Waals surface area contributed by atoms with Gasteiger partial charge in [-0.1, -0.05) is 161 Å². The Morgan fingerprint density at radius 3 is 0.710 bits per heavy atom. The highest BCUT2D eigenvalue weighted by molar-refractivity contribution is 4.65. The van der Waals surface area contributed by atoms with Gasteiger partial charge in [-0.15, -0.1) is 13.2 Å². The van der Waals surface area contributed by atoms with Gasteiger partial charge in [0.1, 0.15) is 0 Å². The van der Waals surface area contributed by atoms with Gasteiger partial charge in [0.15, 0.2) is 0 Å². The molecule has 0 heteroatoms. The molecule has 0 fully saturated rings. The largest absolute Gasteiger partial charge is 0.103 e. The lowest BCUT2D eigenvalue weighted by Gasteiger charge is -2.02. The van der Waals surface area contributed by atoms with Gasteiger partial charge in [0.05, 0.1) is 0 Å². The van der Waals surface area contributed by atoms with E-state index in [4.69, 9.17) is 0 Å². The fraction of sp³-hybridized carbons (Fsp3) is 0.871. The highest BCUT2D eigenvalue weighted by Gasteiger charge is 1.93. The lowest BCUT2D eigenvalue weighted by molar-refractivity contribution is 0.545. The van der Waals surface area contributed by atoms with Crippen LogP contribution in [-0.4, -0.2) is 0 Å². The Morgan fingerprint density at radius 1 is 0.323 bits per heavy atom. The SMILES string of the molecule is C=CCCCCCCCCCCCCC.C=CCCCCCCCCCCCCCC. The number of allylic oxidation sites excluding steroid dienone is 2. The van der Waals surface area contributed by atoms with Gasteiger partial charge >= 0.3 is 0 Å². The summed E-state index contributed by atoms with van der Waals surface area (Å²) < 4.78 is 0. The Kier molecular flexibility index (Phi) is 35.9. The van der Waals surface area contributed by atoms with Crippen LogP contribution in [0.15, 0.2) is 25.3 Å². The van der Waals surface area contributed by atoms with Gasteiger partial charge in [-0.2, -0.15) is 0 Å². The molecule has 0 spiro atoms. The predicted octanol–water partition coefficient (Wildman–Crippen LogP) is 12.1. The van der Waals surface area contributed by atoms with Gasteiger partial charge in [0, 0.05) is 0 Å². The maximum absolute atomic E-state index is 3.75. The molecule has 0 aliphatic carbocycles. The van der Waals surface area contributed by atoms with Gasteiger partial charge < -0.3 is 0 Å². The molecule has 0 radical (unpaired) electrons. The highest BCUT2D eigenvalue weighted by Crippen LogP contribution is 2.13. The van der Waals surface area contributed by atoms with Gasteiger partial charge in [0.25, 0.3) is 0 Å². The van der Waals surface area contributed by atoms with Crippen LogP contribution in [0.2, 0.25) is 0 Å². The lowest BCUT2D eigenvalue weighted by atomic mass is 10.0. The van der Waals surface area contributed by atoms with E-state index in [2.05, 4.69) is 27.0 Å². The zero-order valence-electron chi connectivity index (χ0n) is 22.2. The lowest BCUT2D eigenvalue weighted by Crippen LogP contribution is -1.82. The average Bonchev–Trinajstić information content (AvgIpc) is 2.79. The van der Waals surface area contributed by atoms with E-state index in [1.807, 2.05) is 12.2 Å². The molecule has 0 aromatic heterocycles. The minimum Gasteiger partial charge on any atom is -0.103 e. The van der Waals surface area contributed by atoms with Crippen molar-refractivity contribution >= 4 is 0 Å². The summed E-state index contributed by atoms with van der Waals surface area (Å²) in [4.78, 5) is 0. The summed E-state index contributed by atoms with van der Waals surface area (Å²) in [6.07, 6.45) is 39.4. The molecular weight excluding hydrogens is 372 g/mol. The van der Waals surface area contributed by atoms with Crippen molar-refractivity contribution in [3.8, 4) is 0 Å². The van der Waals surface area contributed by atoms with Crippen molar-refractivity contribution in [1.29, 1.82) is 0 Å². The van der Waals surface area contributed by atoms with Gasteiger partial charge in [0.2, 0.25) is 0 Å². The van der Waals surface area contributed by atoms with Gasteiger partial charge in [-0.05, 0) is 25.7 Å². The molecule has 0 N–H and O–H groups in total. The van der Waals surface area contributed by atoms with Crippen LogP contribution in [0, 0.1) is 0 Å². The Morgan fingerprint density at radius 2 is 0.516 bits per heavy atom. The minimum atomic E-state index is 1.21. The second-order valence-corrected chi connectivity index (χ2v) is 9.58. The molecular formula is C31H62. The van der Waals surface area contributed by atoms with Crippen molar-refractivity contribution in [2.75, 3.05) is 0 Å². The molecule has 0 nitrogen and oxygen atoms in total. The van der Waals surface area contributed by atoms with Crippen LogP contribution in [0.25, 0.3) is 0 Å². The van der Waals surface area contributed by atoms with Gasteiger partial charge in [-0.3, -0.25) is 0 Å². The smallest absolute Gasteiger partial charge is 0.0353 e. The Labute approximate surface area is 199 Å². The van der Waals surface area contributed by atoms with Gasteiger partial charge in [-0.25, -0.2) is 0 Å². The zero-order chi connectivity index (χ0) is 23.1. The summed E-state index contributed by atoms with van der Waals surface area (Å²) in [5, 5.41) is 0. The number of hydrogen-bond donors (Lipinski definition) is 0. The third kappa shape index (κ3) is 37.1. The van der Waals surface area contributed by atoms with Crippen LogP contribution < -0.4 is 0 Å². The van der Waals surface area contributed by atoms with E-state index < -0.39 is 0 Å². The highest BCUT2D eigenvalue weighted by atomic mass is 14.0. The third-order valence-corrected chi connectivity index (χ3v) is 6.27. The molecule has 0 amide bonds. The van der Waals surface area contributed by atoms with Crippen molar-refractivity contribution in [3.05, 3.63) is 25.3 Å². The second-order valence-electron chi connectivity index (χ2n) is 9.58.